The highest BCUT2D eigenvalue weighted by Gasteiger charge is 2.10. The molecule has 0 saturated heterocycles. The number of hydrogen-bond donors (Lipinski definition) is 1. The summed E-state index contributed by atoms with van der Waals surface area (Å²) < 4.78 is 5.58. The molecule has 0 aliphatic rings. The zero-order valence-electron chi connectivity index (χ0n) is 9.62. The molecule has 0 aliphatic heterocycles. The lowest BCUT2D eigenvalue weighted by Crippen LogP contribution is -1.88. The monoisotopic (exact) mass is 258 g/mol. The Kier molecular flexibility index (Phi) is 2.64. The Hall–Kier alpha value is -2.08. The summed E-state index contributed by atoms with van der Waals surface area (Å²) in [6.07, 6.45) is 1.71. The molecule has 2 heterocycles. The van der Waals surface area contributed by atoms with E-state index in [2.05, 4.69) is 15.0 Å². The molecule has 0 spiro atoms. The third kappa shape index (κ3) is 2.02. The number of aromatic nitrogens is 3. The van der Waals surface area contributed by atoms with Crippen LogP contribution in [0.1, 0.15) is 5.69 Å². The molecule has 0 radical (unpaired) electrons. The number of nitrogen functional groups attached to an aromatic ring is 1. The first kappa shape index (κ1) is 11.0. The predicted octanol–water partition coefficient (Wildman–Crippen LogP) is 2.66. The van der Waals surface area contributed by atoms with Crippen molar-refractivity contribution in [3.63, 3.8) is 0 Å². The molecule has 0 amide bonds. The number of hydrogen-bond acceptors (Lipinski definition) is 6. The molecule has 6 heteroatoms. The normalized spacial score (nSPS) is 10.9. The van der Waals surface area contributed by atoms with Gasteiger partial charge in [0.1, 0.15) is 5.52 Å². The van der Waals surface area contributed by atoms with E-state index in [1.54, 1.807) is 12.3 Å². The quantitative estimate of drug-likeness (QED) is 0.562. The zero-order chi connectivity index (χ0) is 12.5. The Balaban J connectivity index is 1.98. The maximum atomic E-state index is 5.82. The van der Waals surface area contributed by atoms with Crippen molar-refractivity contribution in [1.29, 1.82) is 0 Å². The van der Waals surface area contributed by atoms with E-state index < -0.39 is 0 Å². The van der Waals surface area contributed by atoms with Crippen molar-refractivity contribution in [3.05, 3.63) is 36.2 Å². The molecule has 0 aliphatic carbocycles. The Morgan fingerprint density at radius 2 is 2.11 bits per heavy atom. The van der Waals surface area contributed by atoms with Gasteiger partial charge in [0.2, 0.25) is 0 Å². The van der Waals surface area contributed by atoms with Crippen molar-refractivity contribution in [1.82, 2.24) is 15.0 Å². The lowest BCUT2D eigenvalue weighted by Gasteiger charge is -1.95. The molecular weight excluding hydrogens is 248 g/mol. The summed E-state index contributed by atoms with van der Waals surface area (Å²) in [5.41, 5.74) is 8.68. The van der Waals surface area contributed by atoms with Crippen LogP contribution in [0.25, 0.3) is 11.1 Å². The molecular formula is C12H10N4OS. The van der Waals surface area contributed by atoms with Crippen LogP contribution in [0.15, 0.2) is 45.3 Å². The first-order chi connectivity index (χ1) is 8.72. The molecule has 3 rings (SSSR count). The first-order valence-corrected chi connectivity index (χ1v) is 6.16. The smallest absolute Gasteiger partial charge is 0.264 e. The third-order valence-electron chi connectivity index (χ3n) is 2.38. The van der Waals surface area contributed by atoms with Crippen LogP contribution in [0.5, 0.6) is 0 Å². The van der Waals surface area contributed by atoms with Gasteiger partial charge in [-0.15, -0.1) is 0 Å². The van der Waals surface area contributed by atoms with E-state index in [4.69, 9.17) is 10.2 Å². The van der Waals surface area contributed by atoms with Crippen LogP contribution in [0, 0.1) is 6.92 Å². The number of anilines is 1. The Morgan fingerprint density at radius 1 is 1.22 bits per heavy atom. The average molecular weight is 258 g/mol. The Labute approximate surface area is 107 Å². The van der Waals surface area contributed by atoms with E-state index in [-0.39, 0.29) is 0 Å². The maximum absolute atomic E-state index is 5.82. The van der Waals surface area contributed by atoms with Gasteiger partial charge in [0.15, 0.2) is 10.7 Å². The van der Waals surface area contributed by atoms with Gasteiger partial charge in [-0.25, -0.2) is 15.0 Å². The van der Waals surface area contributed by atoms with Gasteiger partial charge in [-0.2, -0.15) is 0 Å². The SMILES string of the molecule is Cc1ccnc(Sc2nc3c(N)cccc3o2)n1. The van der Waals surface area contributed by atoms with Gasteiger partial charge < -0.3 is 10.2 Å². The van der Waals surface area contributed by atoms with Crippen LogP contribution >= 0.6 is 11.8 Å². The van der Waals surface area contributed by atoms with Crippen LogP contribution in [0.2, 0.25) is 0 Å². The molecule has 2 aromatic heterocycles. The fourth-order valence-corrected chi connectivity index (χ4v) is 2.27. The number of nitrogens with zero attached hydrogens (tertiary/aromatic N) is 3. The van der Waals surface area contributed by atoms with Crippen LogP contribution in [-0.2, 0) is 0 Å². The number of oxazole rings is 1. The number of rotatable bonds is 2. The summed E-state index contributed by atoms with van der Waals surface area (Å²) in [4.78, 5) is 12.8. The Bertz CT molecular complexity index is 710. The summed E-state index contributed by atoms with van der Waals surface area (Å²) in [6.45, 7) is 1.91. The summed E-state index contributed by atoms with van der Waals surface area (Å²) in [6, 6.07) is 7.30. The number of aryl methyl sites for hydroxylation is 1. The second-order valence-electron chi connectivity index (χ2n) is 3.76. The fraction of sp³-hybridized carbons (Fsp3) is 0.0833. The van der Waals surface area contributed by atoms with Gasteiger partial charge in [-0.3, -0.25) is 0 Å². The van der Waals surface area contributed by atoms with Crippen LogP contribution < -0.4 is 5.73 Å². The first-order valence-electron chi connectivity index (χ1n) is 5.35. The van der Waals surface area contributed by atoms with Crippen molar-refractivity contribution in [2.24, 2.45) is 0 Å². The lowest BCUT2D eigenvalue weighted by atomic mass is 10.3. The van der Waals surface area contributed by atoms with Crippen molar-refractivity contribution >= 4 is 28.5 Å². The highest BCUT2D eigenvalue weighted by atomic mass is 32.2. The number of fused-ring (bicyclic) bond motifs is 1. The van der Waals surface area contributed by atoms with E-state index >= 15 is 0 Å². The van der Waals surface area contributed by atoms with E-state index in [1.165, 1.54) is 11.8 Å². The molecule has 2 N–H and O–H groups in total. The fourth-order valence-electron chi connectivity index (χ4n) is 1.55. The van der Waals surface area contributed by atoms with E-state index in [1.807, 2.05) is 25.1 Å². The number of benzene rings is 1. The molecule has 3 aromatic rings. The highest BCUT2D eigenvalue weighted by Crippen LogP contribution is 2.29. The van der Waals surface area contributed by atoms with E-state index in [0.29, 0.717) is 27.2 Å². The number of para-hydroxylation sites is 1. The van der Waals surface area contributed by atoms with Crippen LogP contribution in [-0.4, -0.2) is 15.0 Å². The summed E-state index contributed by atoms with van der Waals surface area (Å²) in [5.74, 6) is 0. The van der Waals surface area contributed by atoms with Gasteiger partial charge in [-0.05, 0) is 25.1 Å². The van der Waals surface area contributed by atoms with Gasteiger partial charge in [-0.1, -0.05) is 6.07 Å². The minimum Gasteiger partial charge on any atom is -0.431 e. The van der Waals surface area contributed by atoms with E-state index in [9.17, 15) is 0 Å². The van der Waals surface area contributed by atoms with Gasteiger partial charge in [0, 0.05) is 23.7 Å². The standard InChI is InChI=1S/C12H10N4OS/c1-7-5-6-14-11(15-7)18-12-16-10-8(13)3-2-4-9(10)17-12/h2-6H,13H2,1H3. The maximum Gasteiger partial charge on any atom is 0.264 e. The second kappa shape index (κ2) is 4.30. The second-order valence-corrected chi connectivity index (χ2v) is 4.67. The summed E-state index contributed by atoms with van der Waals surface area (Å²) in [5, 5.41) is 1.11. The zero-order valence-corrected chi connectivity index (χ0v) is 10.4. The minimum absolute atomic E-state index is 0.494. The van der Waals surface area contributed by atoms with Crippen molar-refractivity contribution in [2.75, 3.05) is 5.73 Å². The van der Waals surface area contributed by atoms with Gasteiger partial charge in [0.25, 0.3) is 5.22 Å². The third-order valence-corrected chi connectivity index (χ3v) is 3.11. The molecule has 5 nitrogen and oxygen atoms in total. The minimum atomic E-state index is 0.494. The molecule has 1 aromatic carbocycles. The van der Waals surface area contributed by atoms with Crippen molar-refractivity contribution in [3.8, 4) is 0 Å². The highest BCUT2D eigenvalue weighted by molar-refractivity contribution is 7.98. The summed E-state index contributed by atoms with van der Waals surface area (Å²) >= 11 is 1.28. The molecule has 0 saturated carbocycles. The summed E-state index contributed by atoms with van der Waals surface area (Å²) in [7, 11) is 0. The molecule has 0 bridgehead atoms. The van der Waals surface area contributed by atoms with Crippen LogP contribution in [0.3, 0.4) is 0 Å². The van der Waals surface area contributed by atoms with Crippen molar-refractivity contribution < 1.29 is 4.42 Å². The van der Waals surface area contributed by atoms with Crippen molar-refractivity contribution in [2.45, 2.75) is 17.3 Å². The molecule has 0 atom stereocenters. The Morgan fingerprint density at radius 3 is 2.89 bits per heavy atom. The molecule has 18 heavy (non-hydrogen) atoms. The largest absolute Gasteiger partial charge is 0.431 e. The topological polar surface area (TPSA) is 77.8 Å². The average Bonchev–Trinajstić information content (AvgIpc) is 2.73. The van der Waals surface area contributed by atoms with Crippen LogP contribution in [0.4, 0.5) is 5.69 Å². The van der Waals surface area contributed by atoms with Gasteiger partial charge in [0.05, 0.1) is 5.69 Å². The predicted molar refractivity (Wildman–Crippen MR) is 69.3 cm³/mol. The van der Waals surface area contributed by atoms with Gasteiger partial charge >= 0.3 is 0 Å². The molecule has 0 fully saturated rings. The van der Waals surface area contributed by atoms with E-state index in [0.717, 1.165) is 5.69 Å². The number of nitrogens with two attached hydrogens (primary N) is 1. The molecule has 90 valence electrons. The molecule has 0 unspecified atom stereocenters. The lowest BCUT2D eigenvalue weighted by molar-refractivity contribution is 0.488.